The van der Waals surface area contributed by atoms with Crippen LogP contribution in [0.25, 0.3) is 0 Å². The fourth-order valence-corrected chi connectivity index (χ4v) is 2.30. The van der Waals surface area contributed by atoms with Gasteiger partial charge >= 0.3 is 0 Å². The van der Waals surface area contributed by atoms with E-state index in [1.54, 1.807) is 0 Å². The van der Waals surface area contributed by atoms with Crippen LogP contribution in [-0.4, -0.2) is 23.5 Å². The van der Waals surface area contributed by atoms with Gasteiger partial charge in [0.1, 0.15) is 0 Å². The second kappa shape index (κ2) is 3.62. The number of hydrogen-bond donors (Lipinski definition) is 1. The SMILES string of the molecule is Cc1ccc(C)c(CN2CC(C)(N)C2)c1. The summed E-state index contributed by atoms with van der Waals surface area (Å²) in [5.41, 5.74) is 10.2. The van der Waals surface area contributed by atoms with E-state index in [2.05, 4.69) is 43.9 Å². The summed E-state index contributed by atoms with van der Waals surface area (Å²) in [6.45, 7) is 9.51. The lowest BCUT2D eigenvalue weighted by Gasteiger charge is -2.45. The van der Waals surface area contributed by atoms with Crippen molar-refractivity contribution >= 4 is 0 Å². The number of hydrogen-bond acceptors (Lipinski definition) is 2. The summed E-state index contributed by atoms with van der Waals surface area (Å²) in [6, 6.07) is 6.65. The second-order valence-electron chi connectivity index (χ2n) is 5.23. The van der Waals surface area contributed by atoms with Gasteiger partial charge in [-0.15, -0.1) is 0 Å². The van der Waals surface area contributed by atoms with Crippen molar-refractivity contribution in [1.29, 1.82) is 0 Å². The lowest BCUT2D eigenvalue weighted by Crippen LogP contribution is -2.64. The predicted molar refractivity (Wildman–Crippen MR) is 63.8 cm³/mol. The molecule has 0 atom stereocenters. The van der Waals surface area contributed by atoms with Gasteiger partial charge in [-0.25, -0.2) is 0 Å². The molecule has 0 saturated carbocycles. The van der Waals surface area contributed by atoms with Crippen molar-refractivity contribution < 1.29 is 0 Å². The predicted octanol–water partition coefficient (Wildman–Crippen LogP) is 1.84. The van der Waals surface area contributed by atoms with Crippen LogP contribution in [0.4, 0.5) is 0 Å². The van der Waals surface area contributed by atoms with Crippen molar-refractivity contribution in [2.75, 3.05) is 13.1 Å². The van der Waals surface area contributed by atoms with E-state index in [1.807, 2.05) is 0 Å². The molecule has 2 rings (SSSR count). The number of nitrogens with zero attached hydrogens (tertiary/aromatic N) is 1. The second-order valence-corrected chi connectivity index (χ2v) is 5.23. The maximum absolute atomic E-state index is 5.99. The summed E-state index contributed by atoms with van der Waals surface area (Å²) in [5, 5.41) is 0. The molecule has 0 unspecified atom stereocenters. The van der Waals surface area contributed by atoms with Crippen molar-refractivity contribution in [3.8, 4) is 0 Å². The molecule has 0 amide bonds. The molecule has 1 aromatic rings. The zero-order valence-electron chi connectivity index (χ0n) is 9.88. The summed E-state index contributed by atoms with van der Waals surface area (Å²) in [5.74, 6) is 0. The van der Waals surface area contributed by atoms with Crippen LogP contribution in [0.3, 0.4) is 0 Å². The van der Waals surface area contributed by atoms with Crippen LogP contribution < -0.4 is 5.73 Å². The number of likely N-dealkylation sites (tertiary alicyclic amines) is 1. The van der Waals surface area contributed by atoms with Gasteiger partial charge in [-0.3, -0.25) is 4.90 Å². The Kier molecular flexibility index (Phi) is 2.57. The van der Waals surface area contributed by atoms with Gasteiger partial charge in [0.25, 0.3) is 0 Å². The highest BCUT2D eigenvalue weighted by Crippen LogP contribution is 2.21. The van der Waals surface area contributed by atoms with Crippen LogP contribution in [0.15, 0.2) is 18.2 Å². The molecule has 1 aromatic carbocycles. The van der Waals surface area contributed by atoms with E-state index in [0.717, 1.165) is 19.6 Å². The summed E-state index contributed by atoms with van der Waals surface area (Å²) in [6.07, 6.45) is 0. The largest absolute Gasteiger partial charge is 0.323 e. The average molecular weight is 204 g/mol. The monoisotopic (exact) mass is 204 g/mol. The molecule has 15 heavy (non-hydrogen) atoms. The van der Waals surface area contributed by atoms with Gasteiger partial charge in [-0.05, 0) is 31.9 Å². The van der Waals surface area contributed by atoms with E-state index in [9.17, 15) is 0 Å². The minimum atomic E-state index is 0.0394. The first-order valence-electron chi connectivity index (χ1n) is 5.54. The van der Waals surface area contributed by atoms with Gasteiger partial charge in [0.15, 0.2) is 0 Å². The van der Waals surface area contributed by atoms with E-state index in [1.165, 1.54) is 16.7 Å². The van der Waals surface area contributed by atoms with Gasteiger partial charge in [-0.2, -0.15) is 0 Å². The molecule has 1 aliphatic rings. The maximum atomic E-state index is 5.99. The van der Waals surface area contributed by atoms with Gasteiger partial charge < -0.3 is 5.73 Å². The molecule has 2 heteroatoms. The first-order chi connectivity index (χ1) is 6.96. The normalized spacial score (nSPS) is 20.0. The molecule has 0 aromatic heterocycles. The number of aryl methyl sites for hydroxylation is 2. The molecule has 1 saturated heterocycles. The van der Waals surface area contributed by atoms with E-state index in [0.29, 0.717) is 0 Å². The number of benzene rings is 1. The number of rotatable bonds is 2. The summed E-state index contributed by atoms with van der Waals surface area (Å²) < 4.78 is 0. The first kappa shape index (κ1) is 10.7. The van der Waals surface area contributed by atoms with Crippen LogP contribution in [0, 0.1) is 13.8 Å². The molecule has 1 heterocycles. The molecular formula is C13H20N2. The average Bonchev–Trinajstić information content (AvgIpc) is 2.08. The zero-order chi connectivity index (χ0) is 11.1. The van der Waals surface area contributed by atoms with Crippen molar-refractivity contribution in [2.24, 2.45) is 5.73 Å². The zero-order valence-corrected chi connectivity index (χ0v) is 9.88. The molecule has 1 fully saturated rings. The fourth-order valence-electron chi connectivity index (χ4n) is 2.30. The fraction of sp³-hybridized carbons (Fsp3) is 0.538. The van der Waals surface area contributed by atoms with E-state index < -0.39 is 0 Å². The molecule has 1 aliphatic heterocycles. The third kappa shape index (κ3) is 2.39. The highest BCUT2D eigenvalue weighted by atomic mass is 15.2. The van der Waals surface area contributed by atoms with Crippen LogP contribution >= 0.6 is 0 Å². The smallest absolute Gasteiger partial charge is 0.0384 e. The van der Waals surface area contributed by atoms with Crippen LogP contribution in [0.2, 0.25) is 0 Å². The van der Waals surface area contributed by atoms with Crippen LogP contribution in [-0.2, 0) is 6.54 Å². The maximum Gasteiger partial charge on any atom is 0.0384 e. The van der Waals surface area contributed by atoms with Crippen molar-refractivity contribution in [3.63, 3.8) is 0 Å². The molecule has 82 valence electrons. The van der Waals surface area contributed by atoms with E-state index >= 15 is 0 Å². The van der Waals surface area contributed by atoms with Gasteiger partial charge in [-0.1, -0.05) is 23.8 Å². The Morgan fingerprint density at radius 3 is 2.60 bits per heavy atom. The summed E-state index contributed by atoms with van der Waals surface area (Å²) >= 11 is 0. The quantitative estimate of drug-likeness (QED) is 0.796. The molecule has 0 spiro atoms. The molecule has 2 nitrogen and oxygen atoms in total. The van der Waals surface area contributed by atoms with Gasteiger partial charge in [0.2, 0.25) is 0 Å². The lowest BCUT2D eigenvalue weighted by molar-refractivity contribution is 0.0762. The molecular weight excluding hydrogens is 184 g/mol. The van der Waals surface area contributed by atoms with Crippen LogP contribution in [0.5, 0.6) is 0 Å². The first-order valence-corrected chi connectivity index (χ1v) is 5.54. The minimum absolute atomic E-state index is 0.0394. The van der Waals surface area contributed by atoms with Crippen molar-refractivity contribution in [1.82, 2.24) is 4.90 Å². The third-order valence-electron chi connectivity index (χ3n) is 3.07. The van der Waals surface area contributed by atoms with Gasteiger partial charge in [0, 0.05) is 25.2 Å². The lowest BCUT2D eigenvalue weighted by atomic mass is 9.92. The highest BCUT2D eigenvalue weighted by Gasteiger charge is 2.34. The molecule has 0 bridgehead atoms. The summed E-state index contributed by atoms with van der Waals surface area (Å²) in [4.78, 5) is 2.40. The van der Waals surface area contributed by atoms with E-state index in [-0.39, 0.29) is 5.54 Å². The highest BCUT2D eigenvalue weighted by molar-refractivity contribution is 5.30. The Bertz CT molecular complexity index is 361. The Morgan fingerprint density at radius 1 is 1.33 bits per heavy atom. The summed E-state index contributed by atoms with van der Waals surface area (Å²) in [7, 11) is 0. The Hall–Kier alpha value is -0.860. The van der Waals surface area contributed by atoms with E-state index in [4.69, 9.17) is 5.73 Å². The molecule has 2 N–H and O–H groups in total. The minimum Gasteiger partial charge on any atom is -0.323 e. The van der Waals surface area contributed by atoms with Crippen molar-refractivity contribution in [2.45, 2.75) is 32.9 Å². The Balaban J connectivity index is 2.03. The molecule has 0 radical (unpaired) electrons. The topological polar surface area (TPSA) is 29.3 Å². The number of nitrogens with two attached hydrogens (primary N) is 1. The van der Waals surface area contributed by atoms with Crippen LogP contribution in [0.1, 0.15) is 23.6 Å². The standard InChI is InChI=1S/C13H20N2/c1-10-4-5-11(2)12(6-10)7-15-8-13(3,14)9-15/h4-6H,7-9,14H2,1-3H3. The Morgan fingerprint density at radius 2 is 2.00 bits per heavy atom. The van der Waals surface area contributed by atoms with Gasteiger partial charge in [0.05, 0.1) is 0 Å². The third-order valence-corrected chi connectivity index (χ3v) is 3.07. The van der Waals surface area contributed by atoms with Crippen molar-refractivity contribution in [3.05, 3.63) is 34.9 Å². The molecule has 0 aliphatic carbocycles. The Labute approximate surface area is 92.1 Å².